The molecule has 0 saturated carbocycles. The number of urea groups is 1. The van der Waals surface area contributed by atoms with Crippen LogP contribution in [0, 0.1) is 16.0 Å². The van der Waals surface area contributed by atoms with E-state index in [1.54, 1.807) is 18.2 Å². The molecule has 2 heterocycles. The molecule has 3 rings (SSSR count). The summed E-state index contributed by atoms with van der Waals surface area (Å²) in [4.78, 5) is 49.9. The number of carbonyl (C=O) groups is 3. The van der Waals surface area contributed by atoms with E-state index in [-0.39, 0.29) is 18.2 Å². The Labute approximate surface area is 161 Å². The standard InChI is InChI=1S/C18H22N4O6/c1-12(16(23)21-11-8-19-18(21)25)28-17(24)13-6-9-20(10-7-13)14-4-2-3-5-15(14)22(26)27/h2-5,12-13H,6-11H2,1H3,(H,19,25)/t12-/m1/s1. The highest BCUT2D eigenvalue weighted by atomic mass is 16.6. The fourth-order valence-corrected chi connectivity index (χ4v) is 3.46. The van der Waals surface area contributed by atoms with Crippen molar-refractivity contribution in [1.82, 2.24) is 10.2 Å². The number of piperidine rings is 1. The van der Waals surface area contributed by atoms with Crippen LogP contribution < -0.4 is 10.2 Å². The first-order valence-electron chi connectivity index (χ1n) is 9.16. The largest absolute Gasteiger partial charge is 0.452 e. The Hall–Kier alpha value is -3.17. The Kier molecular flexibility index (Phi) is 5.76. The minimum Gasteiger partial charge on any atom is -0.452 e. The van der Waals surface area contributed by atoms with Gasteiger partial charge in [-0.05, 0) is 25.8 Å². The van der Waals surface area contributed by atoms with Crippen LogP contribution in [0.3, 0.4) is 0 Å². The molecule has 2 aliphatic heterocycles. The monoisotopic (exact) mass is 390 g/mol. The molecule has 2 saturated heterocycles. The molecular formula is C18H22N4O6. The van der Waals surface area contributed by atoms with Crippen molar-refractivity contribution in [3.05, 3.63) is 34.4 Å². The molecule has 150 valence electrons. The molecule has 1 atom stereocenters. The van der Waals surface area contributed by atoms with Gasteiger partial charge in [-0.1, -0.05) is 12.1 Å². The number of nitro groups is 1. The number of anilines is 1. The maximum absolute atomic E-state index is 12.4. The molecule has 0 radical (unpaired) electrons. The fourth-order valence-electron chi connectivity index (χ4n) is 3.46. The topological polar surface area (TPSA) is 122 Å². The minimum absolute atomic E-state index is 0.0339. The zero-order valence-corrected chi connectivity index (χ0v) is 15.5. The number of hydrogen-bond donors (Lipinski definition) is 1. The van der Waals surface area contributed by atoms with Crippen molar-refractivity contribution in [2.75, 3.05) is 31.1 Å². The van der Waals surface area contributed by atoms with Gasteiger partial charge in [0.1, 0.15) is 5.69 Å². The number of rotatable bonds is 5. The van der Waals surface area contributed by atoms with Crippen LogP contribution in [-0.2, 0) is 14.3 Å². The smallest absolute Gasteiger partial charge is 0.324 e. The molecule has 10 heteroatoms. The van der Waals surface area contributed by atoms with Gasteiger partial charge in [-0.15, -0.1) is 0 Å². The first-order valence-corrected chi connectivity index (χ1v) is 9.16. The predicted octanol–water partition coefficient (Wildman–Crippen LogP) is 1.29. The number of esters is 1. The summed E-state index contributed by atoms with van der Waals surface area (Å²) < 4.78 is 5.28. The van der Waals surface area contributed by atoms with Crippen LogP contribution in [0.1, 0.15) is 19.8 Å². The van der Waals surface area contributed by atoms with Gasteiger partial charge in [-0.25, -0.2) is 4.79 Å². The number of nitro benzene ring substituents is 1. The lowest BCUT2D eigenvalue weighted by molar-refractivity contribution is -0.384. The Morgan fingerprint density at radius 3 is 2.54 bits per heavy atom. The lowest BCUT2D eigenvalue weighted by Gasteiger charge is -2.32. The number of hydrogen-bond acceptors (Lipinski definition) is 7. The number of benzene rings is 1. The van der Waals surface area contributed by atoms with Crippen molar-refractivity contribution >= 4 is 29.3 Å². The van der Waals surface area contributed by atoms with Gasteiger partial charge in [0.15, 0.2) is 6.10 Å². The third kappa shape index (κ3) is 4.05. The number of carbonyl (C=O) groups excluding carboxylic acids is 3. The predicted molar refractivity (Wildman–Crippen MR) is 98.7 cm³/mol. The summed E-state index contributed by atoms with van der Waals surface area (Å²) >= 11 is 0. The molecule has 28 heavy (non-hydrogen) atoms. The Morgan fingerprint density at radius 1 is 1.25 bits per heavy atom. The van der Waals surface area contributed by atoms with E-state index in [0.29, 0.717) is 38.2 Å². The molecule has 0 aromatic heterocycles. The molecule has 1 aromatic carbocycles. The van der Waals surface area contributed by atoms with Gasteiger partial charge < -0.3 is 15.0 Å². The highest BCUT2D eigenvalue weighted by Gasteiger charge is 2.34. The molecule has 1 aromatic rings. The van der Waals surface area contributed by atoms with E-state index >= 15 is 0 Å². The average Bonchev–Trinajstić information content (AvgIpc) is 3.13. The van der Waals surface area contributed by atoms with Crippen molar-refractivity contribution in [3.8, 4) is 0 Å². The van der Waals surface area contributed by atoms with E-state index < -0.39 is 28.9 Å². The summed E-state index contributed by atoms with van der Waals surface area (Å²) in [5, 5.41) is 13.7. The number of para-hydroxylation sites is 2. The van der Waals surface area contributed by atoms with E-state index in [9.17, 15) is 24.5 Å². The first kappa shape index (κ1) is 19.6. The van der Waals surface area contributed by atoms with Crippen LogP contribution in [0.25, 0.3) is 0 Å². The summed E-state index contributed by atoms with van der Waals surface area (Å²) in [6, 6.07) is 6.02. The number of nitrogens with zero attached hydrogens (tertiary/aromatic N) is 3. The molecule has 0 aliphatic carbocycles. The molecule has 3 amide bonds. The van der Waals surface area contributed by atoms with Gasteiger partial charge in [-0.3, -0.25) is 24.6 Å². The molecule has 1 N–H and O–H groups in total. The Bertz CT molecular complexity index is 790. The minimum atomic E-state index is -1.04. The lowest BCUT2D eigenvalue weighted by atomic mass is 9.96. The number of ether oxygens (including phenoxy) is 1. The molecule has 2 fully saturated rings. The van der Waals surface area contributed by atoms with E-state index in [0.717, 1.165) is 4.90 Å². The summed E-state index contributed by atoms with van der Waals surface area (Å²) in [6.45, 7) is 3.04. The zero-order valence-electron chi connectivity index (χ0n) is 15.5. The third-order valence-electron chi connectivity index (χ3n) is 5.01. The van der Waals surface area contributed by atoms with E-state index in [2.05, 4.69) is 5.32 Å². The molecular weight excluding hydrogens is 368 g/mol. The Balaban J connectivity index is 1.55. The molecule has 0 spiro atoms. The van der Waals surface area contributed by atoms with Gasteiger partial charge in [0.25, 0.3) is 11.6 Å². The van der Waals surface area contributed by atoms with Crippen LogP contribution in [0.2, 0.25) is 0 Å². The summed E-state index contributed by atoms with van der Waals surface area (Å²) in [7, 11) is 0. The van der Waals surface area contributed by atoms with Crippen molar-refractivity contribution in [3.63, 3.8) is 0 Å². The molecule has 0 unspecified atom stereocenters. The second kappa shape index (κ2) is 8.24. The van der Waals surface area contributed by atoms with Crippen molar-refractivity contribution in [2.24, 2.45) is 5.92 Å². The van der Waals surface area contributed by atoms with Gasteiger partial charge in [0.05, 0.1) is 10.8 Å². The summed E-state index contributed by atoms with van der Waals surface area (Å²) in [6.07, 6.45) is -0.101. The zero-order chi connectivity index (χ0) is 20.3. The third-order valence-corrected chi connectivity index (χ3v) is 5.01. The second-order valence-electron chi connectivity index (χ2n) is 6.81. The quantitative estimate of drug-likeness (QED) is 0.457. The van der Waals surface area contributed by atoms with E-state index in [1.165, 1.54) is 13.0 Å². The average molecular weight is 390 g/mol. The van der Waals surface area contributed by atoms with Gasteiger partial charge in [0, 0.05) is 32.2 Å². The van der Waals surface area contributed by atoms with Crippen LogP contribution in [0.4, 0.5) is 16.2 Å². The van der Waals surface area contributed by atoms with Crippen molar-refractivity contribution in [2.45, 2.75) is 25.9 Å². The first-order chi connectivity index (χ1) is 13.4. The van der Waals surface area contributed by atoms with Crippen molar-refractivity contribution < 1.29 is 24.0 Å². The second-order valence-corrected chi connectivity index (χ2v) is 6.81. The van der Waals surface area contributed by atoms with Crippen LogP contribution in [0.15, 0.2) is 24.3 Å². The molecule has 10 nitrogen and oxygen atoms in total. The van der Waals surface area contributed by atoms with Crippen LogP contribution >= 0.6 is 0 Å². The van der Waals surface area contributed by atoms with Crippen LogP contribution in [0.5, 0.6) is 0 Å². The van der Waals surface area contributed by atoms with Gasteiger partial charge in [0.2, 0.25) is 0 Å². The fraction of sp³-hybridized carbons (Fsp3) is 0.500. The number of imide groups is 1. The van der Waals surface area contributed by atoms with Crippen molar-refractivity contribution in [1.29, 1.82) is 0 Å². The van der Waals surface area contributed by atoms with Gasteiger partial charge in [-0.2, -0.15) is 0 Å². The SMILES string of the molecule is C[C@@H](OC(=O)C1CCN(c2ccccc2[N+](=O)[O-])CC1)C(=O)N1CCNC1=O. The van der Waals surface area contributed by atoms with Gasteiger partial charge >= 0.3 is 12.0 Å². The highest BCUT2D eigenvalue weighted by molar-refractivity contribution is 5.98. The Morgan fingerprint density at radius 2 is 1.93 bits per heavy atom. The van der Waals surface area contributed by atoms with E-state index in [1.807, 2.05) is 4.90 Å². The lowest BCUT2D eigenvalue weighted by Crippen LogP contribution is -2.43. The maximum Gasteiger partial charge on any atom is 0.324 e. The molecule has 0 bridgehead atoms. The number of amides is 3. The van der Waals surface area contributed by atoms with E-state index in [4.69, 9.17) is 4.74 Å². The number of nitrogens with one attached hydrogen (secondary N) is 1. The summed E-state index contributed by atoms with van der Waals surface area (Å²) in [5.74, 6) is -1.41. The highest BCUT2D eigenvalue weighted by Crippen LogP contribution is 2.31. The molecule has 2 aliphatic rings. The maximum atomic E-state index is 12.4. The normalized spacial score (nSPS) is 18.5. The van der Waals surface area contributed by atoms with Crippen LogP contribution in [-0.4, -0.2) is 60.0 Å². The summed E-state index contributed by atoms with van der Waals surface area (Å²) in [5.41, 5.74) is 0.564.